The Morgan fingerprint density at radius 1 is 0.407 bits per heavy atom. The van der Waals surface area contributed by atoms with Crippen molar-refractivity contribution in [3.05, 3.63) is 85.1 Å². The van der Waals surface area contributed by atoms with Gasteiger partial charge in [-0.15, -0.1) is 0 Å². The molecule has 0 rings (SSSR count). The van der Waals surface area contributed by atoms with Gasteiger partial charge in [-0.1, -0.05) is 183 Å². The standard InChI is InChI=1S/C48H78O6/c1-4-7-10-13-16-19-21-23-24-25-27-29-32-35-38-41-47(50)53-44-45(43-52-46(49)40-37-34-31-28-18-15-12-9-6-3)54-48(51)42-39-36-33-30-26-22-20-17-14-11-8-5-2/h7-8,10-11,13,16-17,19-21,23-25,27,45H,4-6,9,12,14-15,18,22,26,28-44H2,1-3H3/b10-7-,11-8-,16-13-,20-17-,21-19-,24-23-,27-25-. The summed E-state index contributed by atoms with van der Waals surface area (Å²) < 4.78 is 16.6. The molecule has 0 bridgehead atoms. The molecule has 0 amide bonds. The number of allylic oxidation sites excluding steroid dienone is 14. The van der Waals surface area contributed by atoms with Crippen molar-refractivity contribution in [3.63, 3.8) is 0 Å². The van der Waals surface area contributed by atoms with Gasteiger partial charge in [0.2, 0.25) is 0 Å². The number of carbonyl (C=O) groups is 3. The molecule has 0 heterocycles. The molecular formula is C48H78O6. The Bertz CT molecular complexity index is 1090. The summed E-state index contributed by atoms with van der Waals surface area (Å²) in [6.45, 7) is 6.28. The SMILES string of the molecule is CC\C=C/C=C\C=C/C=C\C=C/CCCCCC(=O)OCC(COC(=O)CCCCCCCCCCC)OC(=O)CCCCCCC/C=C\C/C=C\CC. The Balaban J connectivity index is 4.49. The van der Waals surface area contributed by atoms with E-state index in [4.69, 9.17) is 14.2 Å². The van der Waals surface area contributed by atoms with Gasteiger partial charge in [0.25, 0.3) is 0 Å². The van der Waals surface area contributed by atoms with Crippen LogP contribution in [0.25, 0.3) is 0 Å². The highest BCUT2D eigenvalue weighted by Gasteiger charge is 2.19. The molecule has 0 spiro atoms. The van der Waals surface area contributed by atoms with Crippen LogP contribution in [0, 0.1) is 0 Å². The normalized spacial score (nSPS) is 12.9. The Labute approximate surface area is 331 Å². The number of unbranched alkanes of at least 4 members (excludes halogenated alkanes) is 16. The molecular weight excluding hydrogens is 673 g/mol. The minimum atomic E-state index is -0.797. The number of ether oxygens (including phenoxy) is 3. The summed E-state index contributed by atoms with van der Waals surface area (Å²) >= 11 is 0. The third-order valence-corrected chi connectivity index (χ3v) is 8.77. The molecule has 0 fully saturated rings. The predicted octanol–water partition coefficient (Wildman–Crippen LogP) is 13.7. The van der Waals surface area contributed by atoms with Crippen molar-refractivity contribution < 1.29 is 28.6 Å². The third kappa shape index (κ3) is 39.8. The highest BCUT2D eigenvalue weighted by molar-refractivity contribution is 5.71. The second-order valence-corrected chi connectivity index (χ2v) is 14.0. The number of hydrogen-bond donors (Lipinski definition) is 0. The number of rotatable bonds is 37. The van der Waals surface area contributed by atoms with Crippen LogP contribution in [0.3, 0.4) is 0 Å². The second-order valence-electron chi connectivity index (χ2n) is 14.0. The molecule has 1 unspecified atom stereocenters. The number of carbonyl (C=O) groups excluding carboxylic acids is 3. The molecule has 54 heavy (non-hydrogen) atoms. The maximum atomic E-state index is 12.7. The second kappa shape index (κ2) is 42.3. The molecule has 0 radical (unpaired) electrons. The van der Waals surface area contributed by atoms with Crippen LogP contribution in [0.2, 0.25) is 0 Å². The van der Waals surface area contributed by atoms with Crippen molar-refractivity contribution >= 4 is 17.9 Å². The lowest BCUT2D eigenvalue weighted by atomic mass is 10.1. The van der Waals surface area contributed by atoms with Crippen LogP contribution in [0.15, 0.2) is 85.1 Å². The van der Waals surface area contributed by atoms with Crippen LogP contribution >= 0.6 is 0 Å². The van der Waals surface area contributed by atoms with Gasteiger partial charge < -0.3 is 14.2 Å². The van der Waals surface area contributed by atoms with Gasteiger partial charge in [0.05, 0.1) is 0 Å². The first-order valence-corrected chi connectivity index (χ1v) is 21.7. The first-order chi connectivity index (χ1) is 26.5. The molecule has 0 aliphatic carbocycles. The highest BCUT2D eigenvalue weighted by Crippen LogP contribution is 2.13. The van der Waals surface area contributed by atoms with Crippen LogP contribution < -0.4 is 0 Å². The number of hydrogen-bond acceptors (Lipinski definition) is 6. The molecule has 0 aromatic heterocycles. The van der Waals surface area contributed by atoms with Gasteiger partial charge >= 0.3 is 17.9 Å². The molecule has 0 saturated carbocycles. The van der Waals surface area contributed by atoms with Crippen molar-refractivity contribution in [2.75, 3.05) is 13.2 Å². The predicted molar refractivity (Wildman–Crippen MR) is 228 cm³/mol. The lowest BCUT2D eigenvalue weighted by molar-refractivity contribution is -0.167. The van der Waals surface area contributed by atoms with E-state index in [0.29, 0.717) is 19.3 Å². The maximum Gasteiger partial charge on any atom is 0.306 e. The summed E-state index contributed by atoms with van der Waals surface area (Å²) in [4.78, 5) is 37.6. The van der Waals surface area contributed by atoms with Crippen LogP contribution in [0.5, 0.6) is 0 Å². The van der Waals surface area contributed by atoms with E-state index < -0.39 is 6.10 Å². The minimum Gasteiger partial charge on any atom is -0.462 e. The molecule has 0 aliphatic rings. The molecule has 0 aromatic carbocycles. The molecule has 6 heteroatoms. The molecule has 306 valence electrons. The first-order valence-electron chi connectivity index (χ1n) is 21.7. The monoisotopic (exact) mass is 751 g/mol. The van der Waals surface area contributed by atoms with E-state index in [-0.39, 0.29) is 31.1 Å². The zero-order valence-corrected chi connectivity index (χ0v) is 34.7. The van der Waals surface area contributed by atoms with Crippen LogP contribution in [-0.4, -0.2) is 37.2 Å². The van der Waals surface area contributed by atoms with Crippen LogP contribution in [-0.2, 0) is 28.6 Å². The van der Waals surface area contributed by atoms with Crippen molar-refractivity contribution in [3.8, 4) is 0 Å². The van der Waals surface area contributed by atoms with Crippen LogP contribution in [0.4, 0.5) is 0 Å². The molecule has 6 nitrogen and oxygen atoms in total. The fraction of sp³-hybridized carbons (Fsp3) is 0.646. The van der Waals surface area contributed by atoms with Gasteiger partial charge in [-0.2, -0.15) is 0 Å². The zero-order chi connectivity index (χ0) is 39.4. The molecule has 1 atom stereocenters. The van der Waals surface area contributed by atoms with Gasteiger partial charge in [-0.25, -0.2) is 0 Å². The Hall–Kier alpha value is -3.41. The molecule has 0 N–H and O–H groups in total. The van der Waals surface area contributed by atoms with E-state index in [1.54, 1.807) is 0 Å². The maximum absolute atomic E-state index is 12.7. The zero-order valence-electron chi connectivity index (χ0n) is 34.7. The van der Waals surface area contributed by atoms with E-state index in [2.05, 4.69) is 57.2 Å². The number of esters is 3. The Morgan fingerprint density at radius 3 is 1.35 bits per heavy atom. The van der Waals surface area contributed by atoms with Crippen molar-refractivity contribution in [2.24, 2.45) is 0 Å². The lowest BCUT2D eigenvalue weighted by Gasteiger charge is -2.18. The van der Waals surface area contributed by atoms with Gasteiger partial charge in [-0.05, 0) is 64.2 Å². The van der Waals surface area contributed by atoms with Crippen molar-refractivity contribution in [1.82, 2.24) is 0 Å². The topological polar surface area (TPSA) is 78.9 Å². The fourth-order valence-corrected chi connectivity index (χ4v) is 5.56. The average Bonchev–Trinajstić information content (AvgIpc) is 3.17. The summed E-state index contributed by atoms with van der Waals surface area (Å²) in [5.74, 6) is -0.968. The largest absolute Gasteiger partial charge is 0.462 e. The minimum absolute atomic E-state index is 0.0966. The van der Waals surface area contributed by atoms with E-state index >= 15 is 0 Å². The summed E-state index contributed by atoms with van der Waals surface area (Å²) in [5, 5.41) is 0. The van der Waals surface area contributed by atoms with Gasteiger partial charge in [0.1, 0.15) is 13.2 Å². The summed E-state index contributed by atoms with van der Waals surface area (Å²) in [6, 6.07) is 0. The van der Waals surface area contributed by atoms with E-state index in [9.17, 15) is 14.4 Å². The van der Waals surface area contributed by atoms with Crippen molar-refractivity contribution in [2.45, 2.75) is 187 Å². The molecule has 0 saturated heterocycles. The van der Waals surface area contributed by atoms with Crippen LogP contribution in [0.1, 0.15) is 181 Å². The van der Waals surface area contributed by atoms with E-state index in [0.717, 1.165) is 103 Å². The summed E-state index contributed by atoms with van der Waals surface area (Å²) in [5.41, 5.74) is 0. The Morgan fingerprint density at radius 2 is 0.815 bits per heavy atom. The molecule has 0 aromatic rings. The average molecular weight is 751 g/mol. The highest BCUT2D eigenvalue weighted by atomic mass is 16.6. The van der Waals surface area contributed by atoms with Gasteiger partial charge in [0.15, 0.2) is 6.10 Å². The smallest absolute Gasteiger partial charge is 0.306 e. The first kappa shape index (κ1) is 50.6. The lowest BCUT2D eigenvalue weighted by Crippen LogP contribution is -2.30. The summed E-state index contributed by atoms with van der Waals surface area (Å²) in [6.07, 6.45) is 52.8. The van der Waals surface area contributed by atoms with Gasteiger partial charge in [0, 0.05) is 19.3 Å². The quantitative estimate of drug-likeness (QED) is 0.0207. The molecule has 0 aliphatic heterocycles. The van der Waals surface area contributed by atoms with E-state index in [1.165, 1.54) is 38.5 Å². The van der Waals surface area contributed by atoms with E-state index in [1.807, 2.05) is 48.6 Å². The Kier molecular flexibility index (Phi) is 39.7. The summed E-state index contributed by atoms with van der Waals surface area (Å²) in [7, 11) is 0. The van der Waals surface area contributed by atoms with Crippen molar-refractivity contribution in [1.29, 1.82) is 0 Å². The fourth-order valence-electron chi connectivity index (χ4n) is 5.56. The van der Waals surface area contributed by atoms with Gasteiger partial charge in [-0.3, -0.25) is 14.4 Å². The third-order valence-electron chi connectivity index (χ3n) is 8.77.